The lowest BCUT2D eigenvalue weighted by Gasteiger charge is -2.22. The lowest BCUT2D eigenvalue weighted by Crippen LogP contribution is -2.15. The van der Waals surface area contributed by atoms with E-state index in [9.17, 15) is 0 Å². The minimum atomic E-state index is 0.717. The second-order valence-corrected chi connectivity index (χ2v) is 5.10. The average molecular weight is 233 g/mol. The van der Waals surface area contributed by atoms with E-state index in [4.69, 9.17) is 5.10 Å². The number of rotatable bonds is 6. The van der Waals surface area contributed by atoms with Gasteiger partial charge in [0.1, 0.15) is 5.82 Å². The highest BCUT2D eigenvalue weighted by molar-refractivity contribution is 5.40. The van der Waals surface area contributed by atoms with Crippen molar-refractivity contribution in [3.63, 3.8) is 0 Å². The fourth-order valence-electron chi connectivity index (χ4n) is 2.24. The molecule has 1 fully saturated rings. The topological polar surface area (TPSA) is 21.1 Å². The first-order valence-electron chi connectivity index (χ1n) is 6.58. The van der Waals surface area contributed by atoms with Crippen molar-refractivity contribution in [3.8, 4) is 0 Å². The maximum Gasteiger partial charge on any atom is 0.126 e. The zero-order chi connectivity index (χ0) is 12.3. The molecular formula is C14H23N3. The van der Waals surface area contributed by atoms with E-state index < -0.39 is 0 Å². The third-order valence-corrected chi connectivity index (χ3v) is 3.54. The number of nitrogens with zero attached hydrogens (tertiary/aromatic N) is 3. The van der Waals surface area contributed by atoms with E-state index >= 15 is 0 Å². The molecule has 1 aliphatic rings. The smallest absolute Gasteiger partial charge is 0.126 e. The lowest BCUT2D eigenvalue weighted by atomic mass is 9.83. The summed E-state index contributed by atoms with van der Waals surface area (Å²) in [6.07, 6.45) is 8.16. The van der Waals surface area contributed by atoms with Gasteiger partial charge in [-0.05, 0) is 25.7 Å². The quantitative estimate of drug-likeness (QED) is 0.556. The van der Waals surface area contributed by atoms with Crippen molar-refractivity contribution in [2.24, 2.45) is 0 Å². The summed E-state index contributed by atoms with van der Waals surface area (Å²) >= 11 is 0. The first-order valence-corrected chi connectivity index (χ1v) is 6.58. The molecule has 0 aliphatic heterocycles. The van der Waals surface area contributed by atoms with Crippen LogP contribution in [0, 0.1) is 0 Å². The van der Waals surface area contributed by atoms with E-state index in [1.54, 1.807) is 0 Å². The minimum Gasteiger partial charge on any atom is -0.363 e. The van der Waals surface area contributed by atoms with E-state index in [2.05, 4.69) is 36.3 Å². The highest BCUT2D eigenvalue weighted by Crippen LogP contribution is 2.36. The SMILES string of the molecule is C=CCCCn1nc(C2CCC2)cc1N(C)C. The summed E-state index contributed by atoms with van der Waals surface area (Å²) in [5.41, 5.74) is 1.29. The molecule has 1 aliphatic carbocycles. The summed E-state index contributed by atoms with van der Waals surface area (Å²) in [5, 5.41) is 4.77. The molecule has 1 aromatic heterocycles. The Morgan fingerprint density at radius 2 is 2.29 bits per heavy atom. The van der Waals surface area contributed by atoms with Gasteiger partial charge in [-0.3, -0.25) is 0 Å². The van der Waals surface area contributed by atoms with Crippen LogP contribution in [0.5, 0.6) is 0 Å². The summed E-state index contributed by atoms with van der Waals surface area (Å²) < 4.78 is 2.15. The molecule has 0 aromatic carbocycles. The highest BCUT2D eigenvalue weighted by atomic mass is 15.4. The summed E-state index contributed by atoms with van der Waals surface area (Å²) in [6.45, 7) is 4.76. The molecule has 0 unspecified atom stereocenters. The normalized spacial score (nSPS) is 15.6. The number of anilines is 1. The molecule has 0 radical (unpaired) electrons. The van der Waals surface area contributed by atoms with Crippen LogP contribution in [0.15, 0.2) is 18.7 Å². The van der Waals surface area contributed by atoms with E-state index in [1.807, 2.05) is 6.08 Å². The number of aryl methyl sites for hydroxylation is 1. The monoisotopic (exact) mass is 233 g/mol. The van der Waals surface area contributed by atoms with Gasteiger partial charge in [0.2, 0.25) is 0 Å². The van der Waals surface area contributed by atoms with E-state index in [-0.39, 0.29) is 0 Å². The van der Waals surface area contributed by atoms with Gasteiger partial charge < -0.3 is 4.90 Å². The molecule has 0 bridgehead atoms. The number of unbranched alkanes of at least 4 members (excludes halogenated alkanes) is 1. The molecule has 0 atom stereocenters. The lowest BCUT2D eigenvalue weighted by molar-refractivity contribution is 0.405. The van der Waals surface area contributed by atoms with Gasteiger partial charge in [0.25, 0.3) is 0 Å². The maximum absolute atomic E-state index is 4.77. The van der Waals surface area contributed by atoms with E-state index in [1.165, 1.54) is 30.8 Å². The maximum atomic E-state index is 4.77. The van der Waals surface area contributed by atoms with E-state index in [0.717, 1.165) is 19.4 Å². The number of hydrogen-bond donors (Lipinski definition) is 0. The molecule has 17 heavy (non-hydrogen) atoms. The van der Waals surface area contributed by atoms with Crippen LogP contribution in [0.25, 0.3) is 0 Å². The van der Waals surface area contributed by atoms with Crippen LogP contribution >= 0.6 is 0 Å². The van der Waals surface area contributed by atoms with Crippen LogP contribution < -0.4 is 4.90 Å². The Morgan fingerprint density at radius 1 is 1.53 bits per heavy atom. The highest BCUT2D eigenvalue weighted by Gasteiger charge is 2.23. The predicted molar refractivity (Wildman–Crippen MR) is 72.6 cm³/mol. The Morgan fingerprint density at radius 3 is 2.82 bits per heavy atom. The number of hydrogen-bond acceptors (Lipinski definition) is 2. The Bertz CT molecular complexity index is 375. The summed E-state index contributed by atoms with van der Waals surface area (Å²) in [4.78, 5) is 2.16. The molecule has 0 saturated heterocycles. The van der Waals surface area contributed by atoms with Gasteiger partial charge >= 0.3 is 0 Å². The van der Waals surface area contributed by atoms with Crippen LogP contribution in [0.4, 0.5) is 5.82 Å². The molecule has 0 amide bonds. The van der Waals surface area contributed by atoms with Gasteiger partial charge in [0, 0.05) is 32.6 Å². The van der Waals surface area contributed by atoms with Gasteiger partial charge in [-0.2, -0.15) is 5.10 Å². The largest absolute Gasteiger partial charge is 0.363 e. The van der Waals surface area contributed by atoms with Crippen LogP contribution in [0.3, 0.4) is 0 Å². The van der Waals surface area contributed by atoms with Gasteiger partial charge in [0.15, 0.2) is 0 Å². The molecule has 1 heterocycles. The second-order valence-electron chi connectivity index (χ2n) is 5.10. The van der Waals surface area contributed by atoms with Gasteiger partial charge in [-0.15, -0.1) is 6.58 Å². The fraction of sp³-hybridized carbons (Fsp3) is 0.643. The summed E-state index contributed by atoms with van der Waals surface area (Å²) in [6, 6.07) is 2.26. The molecule has 2 rings (SSSR count). The third-order valence-electron chi connectivity index (χ3n) is 3.54. The molecule has 3 heteroatoms. The molecule has 0 spiro atoms. The van der Waals surface area contributed by atoms with Crippen LogP contribution in [-0.4, -0.2) is 23.9 Å². The van der Waals surface area contributed by atoms with Crippen molar-refractivity contribution < 1.29 is 0 Å². The molecule has 94 valence electrons. The van der Waals surface area contributed by atoms with Crippen molar-refractivity contribution in [3.05, 3.63) is 24.4 Å². The standard InChI is InChI=1S/C14H23N3/c1-4-5-6-10-17-14(16(2)3)11-13(15-17)12-8-7-9-12/h4,11-12H,1,5-10H2,2-3H3. The molecule has 3 nitrogen and oxygen atoms in total. The zero-order valence-electron chi connectivity index (χ0n) is 11.0. The molecule has 1 aromatic rings. The van der Waals surface area contributed by atoms with Crippen molar-refractivity contribution in [1.82, 2.24) is 9.78 Å². The average Bonchev–Trinajstić information content (AvgIpc) is 2.60. The third kappa shape index (κ3) is 2.71. The van der Waals surface area contributed by atoms with Crippen molar-refractivity contribution in [1.29, 1.82) is 0 Å². The Kier molecular flexibility index (Phi) is 3.87. The second kappa shape index (κ2) is 5.39. The molecular weight excluding hydrogens is 210 g/mol. The van der Waals surface area contributed by atoms with Gasteiger partial charge in [0.05, 0.1) is 5.69 Å². The Hall–Kier alpha value is -1.25. The fourth-order valence-corrected chi connectivity index (χ4v) is 2.24. The van der Waals surface area contributed by atoms with Gasteiger partial charge in [-0.1, -0.05) is 12.5 Å². The first-order chi connectivity index (χ1) is 8.22. The Balaban J connectivity index is 2.10. The summed E-state index contributed by atoms with van der Waals surface area (Å²) in [5.74, 6) is 1.95. The van der Waals surface area contributed by atoms with Crippen LogP contribution in [0.2, 0.25) is 0 Å². The summed E-state index contributed by atoms with van der Waals surface area (Å²) in [7, 11) is 4.18. The first kappa shape index (κ1) is 12.2. The van der Waals surface area contributed by atoms with Crippen LogP contribution in [-0.2, 0) is 6.54 Å². The van der Waals surface area contributed by atoms with Crippen molar-refractivity contribution in [2.75, 3.05) is 19.0 Å². The number of allylic oxidation sites excluding steroid dienone is 1. The van der Waals surface area contributed by atoms with Crippen LogP contribution in [0.1, 0.15) is 43.7 Å². The van der Waals surface area contributed by atoms with Gasteiger partial charge in [-0.25, -0.2) is 4.68 Å². The van der Waals surface area contributed by atoms with Crippen molar-refractivity contribution in [2.45, 2.75) is 44.6 Å². The van der Waals surface area contributed by atoms with E-state index in [0.29, 0.717) is 5.92 Å². The molecule has 0 N–H and O–H groups in total. The number of aromatic nitrogens is 2. The predicted octanol–water partition coefficient (Wildman–Crippen LogP) is 3.18. The molecule has 1 saturated carbocycles. The Labute approximate surface area is 104 Å². The minimum absolute atomic E-state index is 0.717. The zero-order valence-corrected chi connectivity index (χ0v) is 11.0. The van der Waals surface area contributed by atoms with Crippen molar-refractivity contribution >= 4 is 5.82 Å².